The zero-order valence-corrected chi connectivity index (χ0v) is 15.0. The number of ether oxygens (including phenoxy) is 1. The lowest BCUT2D eigenvalue weighted by atomic mass is 10.0. The highest BCUT2D eigenvalue weighted by Gasteiger charge is 2.22. The maximum atomic E-state index is 12.4. The van der Waals surface area contributed by atoms with Crippen LogP contribution in [0.5, 0.6) is 5.75 Å². The number of carbonyl (C=O) groups excluding carboxylic acids is 1. The van der Waals surface area contributed by atoms with Crippen molar-refractivity contribution in [3.05, 3.63) is 58.6 Å². The van der Waals surface area contributed by atoms with Crippen LogP contribution in [0.4, 0.5) is 0 Å². The molecule has 2 aromatic rings. The first-order valence-electron chi connectivity index (χ1n) is 7.17. The van der Waals surface area contributed by atoms with Crippen LogP contribution in [0.2, 0.25) is 5.02 Å². The summed E-state index contributed by atoms with van der Waals surface area (Å²) in [6, 6.07) is 10.6. The Balaban J connectivity index is 2.34. The third kappa shape index (κ3) is 4.07. The van der Waals surface area contributed by atoms with Gasteiger partial charge in [0.15, 0.2) is 0 Å². The second-order valence-corrected chi connectivity index (χ2v) is 7.32. The topological polar surface area (TPSA) is 69.7 Å². The van der Waals surface area contributed by atoms with E-state index in [0.29, 0.717) is 5.92 Å². The lowest BCUT2D eigenvalue weighted by Gasteiger charge is -2.11. The van der Waals surface area contributed by atoms with Gasteiger partial charge < -0.3 is 8.92 Å². The van der Waals surface area contributed by atoms with Gasteiger partial charge >= 0.3 is 16.1 Å². The molecule has 0 aliphatic heterocycles. The number of benzene rings is 2. The van der Waals surface area contributed by atoms with Gasteiger partial charge in [-0.1, -0.05) is 37.6 Å². The second kappa shape index (κ2) is 7.23. The van der Waals surface area contributed by atoms with E-state index in [4.69, 9.17) is 15.8 Å². The van der Waals surface area contributed by atoms with E-state index in [1.54, 1.807) is 24.3 Å². The molecule has 0 saturated carbocycles. The summed E-state index contributed by atoms with van der Waals surface area (Å²) in [6.45, 7) is 4.06. The van der Waals surface area contributed by atoms with E-state index in [9.17, 15) is 13.2 Å². The fourth-order valence-corrected chi connectivity index (χ4v) is 3.45. The van der Waals surface area contributed by atoms with Crippen LogP contribution in [0.1, 0.15) is 35.7 Å². The van der Waals surface area contributed by atoms with E-state index in [1.165, 1.54) is 19.2 Å². The molecule has 128 valence electrons. The smallest absolute Gasteiger partial charge is 0.340 e. The Hall–Kier alpha value is -2.05. The molecular weight excluding hydrogens is 352 g/mol. The quantitative estimate of drug-likeness (QED) is 0.589. The van der Waals surface area contributed by atoms with Gasteiger partial charge in [0.2, 0.25) is 0 Å². The highest BCUT2D eigenvalue weighted by atomic mass is 35.5. The average Bonchev–Trinajstić information content (AvgIpc) is 2.54. The molecule has 24 heavy (non-hydrogen) atoms. The molecule has 0 heterocycles. The van der Waals surface area contributed by atoms with Crippen LogP contribution >= 0.6 is 11.6 Å². The van der Waals surface area contributed by atoms with Gasteiger partial charge in [0.1, 0.15) is 10.6 Å². The number of methoxy groups -OCH3 is 1. The molecule has 2 aromatic carbocycles. The minimum Gasteiger partial charge on any atom is -0.465 e. The Morgan fingerprint density at radius 2 is 1.71 bits per heavy atom. The van der Waals surface area contributed by atoms with Crippen molar-refractivity contribution in [2.24, 2.45) is 0 Å². The highest BCUT2D eigenvalue weighted by molar-refractivity contribution is 7.87. The molecule has 0 radical (unpaired) electrons. The Morgan fingerprint density at radius 3 is 2.25 bits per heavy atom. The summed E-state index contributed by atoms with van der Waals surface area (Å²) >= 11 is 5.95. The number of hydrogen-bond acceptors (Lipinski definition) is 5. The monoisotopic (exact) mass is 368 g/mol. The molecule has 0 atom stereocenters. The zero-order valence-electron chi connectivity index (χ0n) is 13.4. The van der Waals surface area contributed by atoms with Crippen molar-refractivity contribution in [1.82, 2.24) is 0 Å². The van der Waals surface area contributed by atoms with Gasteiger partial charge in [-0.2, -0.15) is 8.42 Å². The minimum atomic E-state index is -4.18. The van der Waals surface area contributed by atoms with E-state index in [2.05, 4.69) is 4.74 Å². The largest absolute Gasteiger partial charge is 0.465 e. The number of carbonyl (C=O) groups is 1. The van der Waals surface area contributed by atoms with Gasteiger partial charge in [0.05, 0.1) is 17.7 Å². The molecule has 0 aromatic heterocycles. The van der Waals surface area contributed by atoms with Gasteiger partial charge in [-0.3, -0.25) is 0 Å². The first-order valence-corrected chi connectivity index (χ1v) is 8.95. The van der Waals surface area contributed by atoms with Crippen LogP contribution in [0.15, 0.2) is 47.4 Å². The Morgan fingerprint density at radius 1 is 1.08 bits per heavy atom. The summed E-state index contributed by atoms with van der Waals surface area (Å²) in [5.41, 5.74) is 1.13. The van der Waals surface area contributed by atoms with Crippen molar-refractivity contribution >= 4 is 27.7 Å². The van der Waals surface area contributed by atoms with E-state index >= 15 is 0 Å². The number of hydrogen-bond donors (Lipinski definition) is 0. The number of halogens is 1. The summed E-state index contributed by atoms with van der Waals surface area (Å²) in [5.74, 6) is -0.176. The average molecular weight is 369 g/mol. The molecule has 0 N–H and O–H groups in total. The molecule has 0 saturated heterocycles. The lowest BCUT2D eigenvalue weighted by Crippen LogP contribution is -2.12. The van der Waals surface area contributed by atoms with Crippen LogP contribution in [0, 0.1) is 0 Å². The third-order valence-electron chi connectivity index (χ3n) is 3.37. The number of esters is 1. The van der Waals surface area contributed by atoms with Crippen molar-refractivity contribution in [2.75, 3.05) is 7.11 Å². The van der Waals surface area contributed by atoms with Crippen LogP contribution in [0.3, 0.4) is 0 Å². The van der Waals surface area contributed by atoms with Gasteiger partial charge in [0.25, 0.3) is 0 Å². The first kappa shape index (κ1) is 18.3. The Kier molecular flexibility index (Phi) is 5.51. The minimum absolute atomic E-state index is 0.0403. The summed E-state index contributed by atoms with van der Waals surface area (Å²) in [7, 11) is -2.97. The maximum Gasteiger partial charge on any atom is 0.340 e. The molecule has 0 bridgehead atoms. The fourth-order valence-electron chi connectivity index (χ4n) is 2.02. The van der Waals surface area contributed by atoms with Gasteiger partial charge in [-0.25, -0.2) is 4.79 Å². The van der Waals surface area contributed by atoms with Crippen LogP contribution in [-0.4, -0.2) is 21.5 Å². The molecule has 0 aliphatic carbocycles. The van der Waals surface area contributed by atoms with E-state index in [-0.39, 0.29) is 21.2 Å². The molecule has 0 spiro atoms. The SMILES string of the molecule is COC(=O)c1ccc(Cl)c(S(=O)(=O)Oc2ccc(C(C)C)cc2)c1. The molecule has 0 fully saturated rings. The normalized spacial score (nSPS) is 11.4. The fraction of sp³-hybridized carbons (Fsp3) is 0.235. The molecule has 7 heteroatoms. The Labute approximate surface area is 146 Å². The predicted octanol–water partition coefficient (Wildman–Crippen LogP) is 4.02. The summed E-state index contributed by atoms with van der Waals surface area (Å²) in [4.78, 5) is 11.3. The van der Waals surface area contributed by atoms with E-state index < -0.39 is 16.1 Å². The van der Waals surface area contributed by atoms with E-state index in [1.807, 2.05) is 13.8 Å². The van der Waals surface area contributed by atoms with Crippen molar-refractivity contribution in [1.29, 1.82) is 0 Å². The standard InChI is InChI=1S/C17H17ClO5S/c1-11(2)12-4-7-14(8-5-12)23-24(20,21)16-10-13(17(19)22-3)6-9-15(16)18/h4-11H,1-3H3. The van der Waals surface area contributed by atoms with E-state index in [0.717, 1.165) is 11.6 Å². The van der Waals surface area contributed by atoms with Crippen LogP contribution < -0.4 is 4.18 Å². The van der Waals surface area contributed by atoms with Crippen molar-refractivity contribution in [2.45, 2.75) is 24.7 Å². The van der Waals surface area contributed by atoms with Crippen LogP contribution in [-0.2, 0) is 14.9 Å². The zero-order chi connectivity index (χ0) is 17.9. The molecule has 0 amide bonds. The molecular formula is C17H17ClO5S. The number of rotatable bonds is 5. The summed E-state index contributed by atoms with van der Waals surface area (Å²) < 4.78 is 34.6. The molecule has 2 rings (SSSR count). The maximum absolute atomic E-state index is 12.4. The van der Waals surface area contributed by atoms with Crippen molar-refractivity contribution in [3.63, 3.8) is 0 Å². The lowest BCUT2D eigenvalue weighted by molar-refractivity contribution is 0.0600. The van der Waals surface area contributed by atoms with Gasteiger partial charge in [-0.15, -0.1) is 0 Å². The van der Waals surface area contributed by atoms with Crippen molar-refractivity contribution < 1.29 is 22.1 Å². The Bertz CT molecular complexity index is 842. The molecule has 0 aliphatic rings. The molecule has 5 nitrogen and oxygen atoms in total. The summed E-state index contributed by atoms with van der Waals surface area (Å²) in [6.07, 6.45) is 0. The second-order valence-electron chi connectivity index (χ2n) is 5.40. The predicted molar refractivity (Wildman–Crippen MR) is 91.1 cm³/mol. The third-order valence-corrected chi connectivity index (χ3v) is 5.10. The van der Waals surface area contributed by atoms with Crippen molar-refractivity contribution in [3.8, 4) is 5.75 Å². The summed E-state index contributed by atoms with van der Waals surface area (Å²) in [5, 5.41) is -0.0403. The van der Waals surface area contributed by atoms with Gasteiger partial charge in [0, 0.05) is 0 Å². The molecule has 0 unspecified atom stereocenters. The highest BCUT2D eigenvalue weighted by Crippen LogP contribution is 2.27. The van der Waals surface area contributed by atoms with Gasteiger partial charge in [-0.05, 0) is 41.8 Å². The first-order chi connectivity index (χ1) is 11.2. The van der Waals surface area contributed by atoms with Crippen LogP contribution in [0.25, 0.3) is 0 Å².